The molecule has 0 aliphatic rings. The molecule has 0 aliphatic heterocycles. The minimum Gasteiger partial charge on any atom is -0.497 e. The SMILES string of the molecule is COc1ccc(CCC(=O)N[C@@H](C)c2cccc(OC)c2)cc1. The van der Waals surface area contributed by atoms with Crippen LogP contribution in [0.15, 0.2) is 48.5 Å². The number of benzene rings is 2. The summed E-state index contributed by atoms with van der Waals surface area (Å²) in [5, 5.41) is 3.02. The number of carbonyl (C=O) groups is 1. The maximum atomic E-state index is 12.1. The van der Waals surface area contributed by atoms with Crippen LogP contribution in [0.3, 0.4) is 0 Å². The molecule has 0 radical (unpaired) electrons. The zero-order valence-corrected chi connectivity index (χ0v) is 13.8. The Morgan fingerprint density at radius 1 is 1.04 bits per heavy atom. The largest absolute Gasteiger partial charge is 0.497 e. The predicted molar refractivity (Wildman–Crippen MR) is 90.9 cm³/mol. The fourth-order valence-corrected chi connectivity index (χ4v) is 2.36. The smallest absolute Gasteiger partial charge is 0.220 e. The number of ether oxygens (including phenoxy) is 2. The number of carbonyl (C=O) groups excluding carboxylic acids is 1. The second kappa shape index (κ2) is 8.22. The van der Waals surface area contributed by atoms with Gasteiger partial charge in [0.05, 0.1) is 20.3 Å². The third-order valence-corrected chi connectivity index (χ3v) is 3.77. The fraction of sp³-hybridized carbons (Fsp3) is 0.316. The number of hydrogen-bond acceptors (Lipinski definition) is 3. The molecule has 23 heavy (non-hydrogen) atoms. The van der Waals surface area contributed by atoms with Gasteiger partial charge in [-0.3, -0.25) is 4.79 Å². The van der Waals surface area contributed by atoms with Crippen molar-refractivity contribution in [3.63, 3.8) is 0 Å². The number of hydrogen-bond donors (Lipinski definition) is 1. The van der Waals surface area contributed by atoms with Crippen molar-refractivity contribution < 1.29 is 14.3 Å². The summed E-state index contributed by atoms with van der Waals surface area (Å²) in [5.41, 5.74) is 2.15. The van der Waals surface area contributed by atoms with Crippen LogP contribution >= 0.6 is 0 Å². The van der Waals surface area contributed by atoms with Gasteiger partial charge in [0.15, 0.2) is 0 Å². The molecule has 0 bridgehead atoms. The number of aryl methyl sites for hydroxylation is 1. The summed E-state index contributed by atoms with van der Waals surface area (Å²) in [7, 11) is 3.28. The van der Waals surface area contributed by atoms with Gasteiger partial charge < -0.3 is 14.8 Å². The van der Waals surface area contributed by atoms with E-state index in [0.717, 1.165) is 22.6 Å². The lowest BCUT2D eigenvalue weighted by atomic mass is 10.1. The number of rotatable bonds is 7. The Bertz CT molecular complexity index is 637. The lowest BCUT2D eigenvalue weighted by Gasteiger charge is -2.15. The summed E-state index contributed by atoms with van der Waals surface area (Å²) >= 11 is 0. The molecule has 122 valence electrons. The van der Waals surface area contributed by atoms with Crippen LogP contribution in [-0.4, -0.2) is 20.1 Å². The van der Waals surface area contributed by atoms with Crippen molar-refractivity contribution in [2.45, 2.75) is 25.8 Å². The van der Waals surface area contributed by atoms with Crippen LogP contribution in [0.4, 0.5) is 0 Å². The van der Waals surface area contributed by atoms with Gasteiger partial charge in [0.1, 0.15) is 11.5 Å². The molecule has 1 amide bonds. The van der Waals surface area contributed by atoms with E-state index in [9.17, 15) is 4.79 Å². The van der Waals surface area contributed by atoms with Gasteiger partial charge in [0.2, 0.25) is 5.91 Å². The third-order valence-electron chi connectivity index (χ3n) is 3.77. The van der Waals surface area contributed by atoms with Crippen molar-refractivity contribution in [1.82, 2.24) is 5.32 Å². The van der Waals surface area contributed by atoms with Crippen LogP contribution in [0.1, 0.15) is 30.5 Å². The van der Waals surface area contributed by atoms with E-state index >= 15 is 0 Å². The van der Waals surface area contributed by atoms with Gasteiger partial charge >= 0.3 is 0 Å². The Morgan fingerprint density at radius 2 is 1.74 bits per heavy atom. The zero-order chi connectivity index (χ0) is 16.7. The van der Waals surface area contributed by atoms with Crippen molar-refractivity contribution in [3.8, 4) is 11.5 Å². The van der Waals surface area contributed by atoms with Gasteiger partial charge in [-0.05, 0) is 48.7 Å². The molecular weight excluding hydrogens is 290 g/mol. The molecule has 4 nitrogen and oxygen atoms in total. The zero-order valence-electron chi connectivity index (χ0n) is 13.8. The van der Waals surface area contributed by atoms with E-state index in [2.05, 4.69) is 5.32 Å². The van der Waals surface area contributed by atoms with E-state index in [1.165, 1.54) is 0 Å². The Hall–Kier alpha value is -2.49. The van der Waals surface area contributed by atoms with Crippen LogP contribution in [-0.2, 0) is 11.2 Å². The normalized spacial score (nSPS) is 11.6. The van der Waals surface area contributed by atoms with Crippen LogP contribution in [0, 0.1) is 0 Å². The summed E-state index contributed by atoms with van der Waals surface area (Å²) < 4.78 is 10.3. The maximum Gasteiger partial charge on any atom is 0.220 e. The molecule has 0 saturated heterocycles. The lowest BCUT2D eigenvalue weighted by Crippen LogP contribution is -2.26. The average molecular weight is 313 g/mol. The van der Waals surface area contributed by atoms with E-state index < -0.39 is 0 Å². The summed E-state index contributed by atoms with van der Waals surface area (Å²) in [6.45, 7) is 1.97. The van der Waals surface area contributed by atoms with E-state index in [0.29, 0.717) is 12.8 Å². The first-order chi connectivity index (χ1) is 11.1. The van der Waals surface area contributed by atoms with Gasteiger partial charge in [-0.1, -0.05) is 24.3 Å². The average Bonchev–Trinajstić information content (AvgIpc) is 2.60. The first-order valence-electron chi connectivity index (χ1n) is 7.68. The number of nitrogens with one attached hydrogen (secondary N) is 1. The van der Waals surface area contributed by atoms with Crippen LogP contribution in [0.2, 0.25) is 0 Å². The highest BCUT2D eigenvalue weighted by atomic mass is 16.5. The molecule has 2 rings (SSSR count). The minimum absolute atomic E-state index is 0.0381. The van der Waals surface area contributed by atoms with E-state index in [-0.39, 0.29) is 11.9 Å². The van der Waals surface area contributed by atoms with Gasteiger partial charge in [-0.2, -0.15) is 0 Å². The van der Waals surface area contributed by atoms with Crippen molar-refractivity contribution in [1.29, 1.82) is 0 Å². The van der Waals surface area contributed by atoms with E-state index in [1.54, 1.807) is 14.2 Å². The van der Waals surface area contributed by atoms with Gasteiger partial charge in [0.25, 0.3) is 0 Å². The highest BCUT2D eigenvalue weighted by Gasteiger charge is 2.10. The van der Waals surface area contributed by atoms with Gasteiger partial charge in [-0.15, -0.1) is 0 Å². The molecule has 0 aliphatic carbocycles. The highest BCUT2D eigenvalue weighted by molar-refractivity contribution is 5.76. The Kier molecular flexibility index (Phi) is 6.03. The standard InChI is InChI=1S/C19H23NO3/c1-14(16-5-4-6-18(13-16)23-3)20-19(21)12-9-15-7-10-17(22-2)11-8-15/h4-8,10-11,13-14H,9,12H2,1-3H3,(H,20,21)/t14-/m0/s1. The molecular formula is C19H23NO3. The van der Waals surface area contributed by atoms with Gasteiger partial charge in [-0.25, -0.2) is 0 Å². The first kappa shape index (κ1) is 16.9. The predicted octanol–water partition coefficient (Wildman–Crippen LogP) is 3.51. The minimum atomic E-state index is -0.0477. The second-order valence-corrected chi connectivity index (χ2v) is 5.41. The summed E-state index contributed by atoms with van der Waals surface area (Å²) in [6, 6.07) is 15.5. The molecule has 4 heteroatoms. The maximum absolute atomic E-state index is 12.1. The molecule has 0 unspecified atom stereocenters. The van der Waals surface area contributed by atoms with Crippen molar-refractivity contribution >= 4 is 5.91 Å². The van der Waals surface area contributed by atoms with Crippen molar-refractivity contribution in [2.75, 3.05) is 14.2 Å². The van der Waals surface area contributed by atoms with Gasteiger partial charge in [0, 0.05) is 6.42 Å². The lowest BCUT2D eigenvalue weighted by molar-refractivity contribution is -0.121. The van der Waals surface area contributed by atoms with Crippen molar-refractivity contribution in [3.05, 3.63) is 59.7 Å². The fourth-order valence-electron chi connectivity index (χ4n) is 2.36. The molecule has 0 fully saturated rings. The van der Waals surface area contributed by atoms with E-state index in [1.807, 2.05) is 55.5 Å². The number of amides is 1. The molecule has 0 spiro atoms. The van der Waals surface area contributed by atoms with Crippen molar-refractivity contribution in [2.24, 2.45) is 0 Å². The quantitative estimate of drug-likeness (QED) is 0.851. The monoisotopic (exact) mass is 313 g/mol. The topological polar surface area (TPSA) is 47.6 Å². The van der Waals surface area contributed by atoms with Crippen LogP contribution in [0.5, 0.6) is 11.5 Å². The molecule has 0 heterocycles. The van der Waals surface area contributed by atoms with Crippen LogP contribution < -0.4 is 14.8 Å². The summed E-state index contributed by atoms with van der Waals surface area (Å²) in [4.78, 5) is 12.1. The molecule has 2 aromatic rings. The Labute approximate surface area is 137 Å². The number of methoxy groups -OCH3 is 2. The molecule has 2 aromatic carbocycles. The van der Waals surface area contributed by atoms with E-state index in [4.69, 9.17) is 9.47 Å². The summed E-state index contributed by atoms with van der Waals surface area (Å²) in [5.74, 6) is 1.66. The summed E-state index contributed by atoms with van der Waals surface area (Å²) in [6.07, 6.45) is 1.17. The molecule has 1 N–H and O–H groups in total. The Balaban J connectivity index is 1.85. The van der Waals surface area contributed by atoms with Crippen LogP contribution in [0.25, 0.3) is 0 Å². The second-order valence-electron chi connectivity index (χ2n) is 5.41. The molecule has 0 saturated carbocycles. The third kappa shape index (κ3) is 5.02. The Morgan fingerprint density at radius 3 is 2.39 bits per heavy atom. The molecule has 1 atom stereocenters. The highest BCUT2D eigenvalue weighted by Crippen LogP contribution is 2.19. The first-order valence-corrected chi connectivity index (χ1v) is 7.68. The molecule has 0 aromatic heterocycles.